The van der Waals surface area contributed by atoms with Gasteiger partial charge in [0.05, 0.1) is 5.69 Å². The van der Waals surface area contributed by atoms with E-state index in [4.69, 9.17) is 5.73 Å². The molecule has 2 heterocycles. The summed E-state index contributed by atoms with van der Waals surface area (Å²) in [5.41, 5.74) is 9.08. The highest BCUT2D eigenvalue weighted by atomic mass is 15.0. The van der Waals surface area contributed by atoms with Crippen molar-refractivity contribution in [3.8, 4) is 0 Å². The molecule has 1 atom stereocenters. The van der Waals surface area contributed by atoms with Gasteiger partial charge in [0.2, 0.25) is 0 Å². The van der Waals surface area contributed by atoms with E-state index >= 15 is 0 Å². The predicted molar refractivity (Wildman–Crippen MR) is 57.2 cm³/mol. The minimum absolute atomic E-state index is 0.0332. The maximum absolute atomic E-state index is 5.88. The molecule has 74 valence electrons. The van der Waals surface area contributed by atoms with Crippen molar-refractivity contribution in [2.24, 2.45) is 5.73 Å². The molecule has 0 aromatic carbocycles. The number of nitrogens with two attached hydrogens (primary N) is 1. The third-order valence-corrected chi connectivity index (χ3v) is 2.42. The van der Waals surface area contributed by atoms with Gasteiger partial charge in [-0.3, -0.25) is 0 Å². The fraction of sp³-hybridized carbons (Fsp3) is 0.364. The van der Waals surface area contributed by atoms with Gasteiger partial charge in [-0.15, -0.1) is 0 Å². The molecule has 0 saturated heterocycles. The van der Waals surface area contributed by atoms with E-state index in [1.165, 1.54) is 0 Å². The molecule has 0 aliphatic rings. The van der Waals surface area contributed by atoms with Crippen LogP contribution in [0.2, 0.25) is 0 Å². The van der Waals surface area contributed by atoms with Gasteiger partial charge in [-0.2, -0.15) is 0 Å². The first-order chi connectivity index (χ1) is 6.72. The molecule has 2 rings (SSSR count). The monoisotopic (exact) mass is 189 g/mol. The van der Waals surface area contributed by atoms with Crippen LogP contribution in [0.4, 0.5) is 0 Å². The number of rotatable bonds is 2. The Morgan fingerprint density at radius 3 is 3.00 bits per heavy atom. The fourth-order valence-electron chi connectivity index (χ4n) is 1.61. The van der Waals surface area contributed by atoms with E-state index in [9.17, 15) is 0 Å². The predicted octanol–water partition coefficient (Wildman–Crippen LogP) is 1.92. The zero-order chi connectivity index (χ0) is 10.1. The first-order valence-electron chi connectivity index (χ1n) is 4.94. The Kier molecular flexibility index (Phi) is 2.25. The largest absolute Gasteiger partial charge is 0.324 e. The number of aromatic nitrogens is 2. The molecule has 1 unspecified atom stereocenters. The Hall–Kier alpha value is -1.35. The average molecular weight is 189 g/mol. The molecular formula is C11H15N3. The van der Waals surface area contributed by atoms with Gasteiger partial charge in [-0.05, 0) is 19.4 Å². The van der Waals surface area contributed by atoms with Crippen molar-refractivity contribution in [1.82, 2.24) is 9.38 Å². The van der Waals surface area contributed by atoms with Crippen LogP contribution < -0.4 is 5.73 Å². The minimum Gasteiger partial charge on any atom is -0.324 e. The number of imidazole rings is 1. The van der Waals surface area contributed by atoms with Crippen molar-refractivity contribution < 1.29 is 0 Å². The van der Waals surface area contributed by atoms with Crippen molar-refractivity contribution in [2.45, 2.75) is 26.3 Å². The third-order valence-electron chi connectivity index (χ3n) is 2.42. The summed E-state index contributed by atoms with van der Waals surface area (Å²) in [6.07, 6.45) is 5.02. The molecule has 14 heavy (non-hydrogen) atoms. The van der Waals surface area contributed by atoms with E-state index in [1.807, 2.05) is 29.7 Å². The molecule has 3 nitrogen and oxygen atoms in total. The third kappa shape index (κ3) is 1.40. The van der Waals surface area contributed by atoms with Crippen LogP contribution in [0.1, 0.15) is 31.1 Å². The SMILES string of the molecule is CCc1cn2cccc(C(C)N)c2n1. The van der Waals surface area contributed by atoms with Gasteiger partial charge in [-0.25, -0.2) is 4.98 Å². The summed E-state index contributed by atoms with van der Waals surface area (Å²) >= 11 is 0. The fourth-order valence-corrected chi connectivity index (χ4v) is 1.61. The van der Waals surface area contributed by atoms with E-state index in [-0.39, 0.29) is 6.04 Å². The summed E-state index contributed by atoms with van der Waals surface area (Å²) < 4.78 is 2.04. The van der Waals surface area contributed by atoms with Gasteiger partial charge in [0.1, 0.15) is 5.65 Å². The van der Waals surface area contributed by atoms with Gasteiger partial charge in [0.25, 0.3) is 0 Å². The molecule has 0 fully saturated rings. The standard InChI is InChI=1S/C11H15N3/c1-3-9-7-14-6-4-5-10(8(2)12)11(14)13-9/h4-8H,3,12H2,1-2H3. The molecule has 3 heteroatoms. The first kappa shape index (κ1) is 9.21. The second kappa shape index (κ2) is 3.42. The minimum atomic E-state index is 0.0332. The van der Waals surface area contributed by atoms with Crippen molar-refractivity contribution >= 4 is 5.65 Å². The molecule has 0 amide bonds. The lowest BCUT2D eigenvalue weighted by Gasteiger charge is -2.05. The number of fused-ring (bicyclic) bond motifs is 1. The maximum Gasteiger partial charge on any atom is 0.141 e. The summed E-state index contributed by atoms with van der Waals surface area (Å²) in [5, 5.41) is 0. The van der Waals surface area contributed by atoms with Crippen molar-refractivity contribution in [3.63, 3.8) is 0 Å². The number of aryl methyl sites for hydroxylation is 1. The Bertz CT molecular complexity index is 443. The van der Waals surface area contributed by atoms with E-state index in [2.05, 4.69) is 18.1 Å². The van der Waals surface area contributed by atoms with Crippen molar-refractivity contribution in [1.29, 1.82) is 0 Å². The molecule has 2 N–H and O–H groups in total. The van der Waals surface area contributed by atoms with Gasteiger partial charge in [0, 0.05) is 24.0 Å². The first-order valence-corrected chi connectivity index (χ1v) is 4.94. The van der Waals surface area contributed by atoms with E-state index in [0.29, 0.717) is 0 Å². The van der Waals surface area contributed by atoms with Crippen LogP contribution in [-0.4, -0.2) is 9.38 Å². The van der Waals surface area contributed by atoms with E-state index < -0.39 is 0 Å². The van der Waals surface area contributed by atoms with Gasteiger partial charge < -0.3 is 10.1 Å². The van der Waals surface area contributed by atoms with Gasteiger partial charge >= 0.3 is 0 Å². The smallest absolute Gasteiger partial charge is 0.141 e. The van der Waals surface area contributed by atoms with Crippen LogP contribution in [0, 0.1) is 0 Å². The molecule has 0 bridgehead atoms. The average Bonchev–Trinajstić information content (AvgIpc) is 2.59. The van der Waals surface area contributed by atoms with Crippen molar-refractivity contribution in [3.05, 3.63) is 35.8 Å². The maximum atomic E-state index is 5.88. The lowest BCUT2D eigenvalue weighted by Crippen LogP contribution is -2.06. The normalized spacial score (nSPS) is 13.4. The zero-order valence-electron chi connectivity index (χ0n) is 8.57. The Labute approximate surface area is 83.6 Å². The molecule has 0 radical (unpaired) electrons. The number of nitrogens with zero attached hydrogens (tertiary/aromatic N) is 2. The topological polar surface area (TPSA) is 43.3 Å². The van der Waals surface area contributed by atoms with Crippen LogP contribution in [-0.2, 0) is 6.42 Å². The summed E-state index contributed by atoms with van der Waals surface area (Å²) in [6.45, 7) is 4.09. The summed E-state index contributed by atoms with van der Waals surface area (Å²) in [7, 11) is 0. The highest BCUT2D eigenvalue weighted by Crippen LogP contribution is 2.16. The Morgan fingerprint density at radius 2 is 2.36 bits per heavy atom. The molecule has 0 aliphatic heterocycles. The lowest BCUT2D eigenvalue weighted by molar-refractivity contribution is 0.816. The van der Waals surface area contributed by atoms with Crippen LogP contribution in [0.5, 0.6) is 0 Å². The van der Waals surface area contributed by atoms with Crippen molar-refractivity contribution in [2.75, 3.05) is 0 Å². The van der Waals surface area contributed by atoms with E-state index in [1.54, 1.807) is 0 Å². The van der Waals surface area contributed by atoms with Gasteiger partial charge in [-0.1, -0.05) is 13.0 Å². The van der Waals surface area contributed by atoms with Crippen LogP contribution in [0.15, 0.2) is 24.5 Å². The lowest BCUT2D eigenvalue weighted by atomic mass is 10.1. The molecule has 2 aromatic heterocycles. The zero-order valence-corrected chi connectivity index (χ0v) is 8.57. The van der Waals surface area contributed by atoms with Crippen LogP contribution >= 0.6 is 0 Å². The van der Waals surface area contributed by atoms with Crippen LogP contribution in [0.3, 0.4) is 0 Å². The number of hydrogen-bond acceptors (Lipinski definition) is 2. The number of hydrogen-bond donors (Lipinski definition) is 1. The number of pyridine rings is 1. The summed E-state index contributed by atoms with van der Waals surface area (Å²) in [5.74, 6) is 0. The summed E-state index contributed by atoms with van der Waals surface area (Å²) in [4.78, 5) is 4.54. The molecule has 0 spiro atoms. The molecule has 2 aromatic rings. The second-order valence-corrected chi connectivity index (χ2v) is 3.57. The van der Waals surface area contributed by atoms with Crippen LogP contribution in [0.25, 0.3) is 5.65 Å². The second-order valence-electron chi connectivity index (χ2n) is 3.57. The quantitative estimate of drug-likeness (QED) is 0.784. The Balaban J connectivity index is 2.66. The molecule has 0 saturated carbocycles. The highest BCUT2D eigenvalue weighted by molar-refractivity contribution is 5.50. The van der Waals surface area contributed by atoms with Gasteiger partial charge in [0.15, 0.2) is 0 Å². The molecular weight excluding hydrogens is 174 g/mol. The Morgan fingerprint density at radius 1 is 1.57 bits per heavy atom. The van der Waals surface area contributed by atoms with E-state index in [0.717, 1.165) is 23.3 Å². The summed E-state index contributed by atoms with van der Waals surface area (Å²) in [6, 6.07) is 4.07. The molecule has 0 aliphatic carbocycles. The highest BCUT2D eigenvalue weighted by Gasteiger charge is 2.07.